The molecule has 0 atom stereocenters. The van der Waals surface area contributed by atoms with Crippen molar-refractivity contribution >= 4 is 41.6 Å². The van der Waals surface area contributed by atoms with Gasteiger partial charge in [-0.25, -0.2) is 8.42 Å². The zero-order chi connectivity index (χ0) is 26.4. The number of benzene rings is 1. The molecule has 1 aromatic carbocycles. The van der Waals surface area contributed by atoms with Crippen molar-refractivity contribution in [2.24, 2.45) is 0 Å². The lowest BCUT2D eigenvalue weighted by molar-refractivity contribution is -0.245. The average Bonchev–Trinajstić information content (AvgIpc) is 2.59. The van der Waals surface area contributed by atoms with E-state index in [1.807, 2.05) is 0 Å². The van der Waals surface area contributed by atoms with E-state index in [1.165, 1.54) is 0 Å². The first-order valence-corrected chi connectivity index (χ1v) is 12.2. The van der Waals surface area contributed by atoms with Crippen molar-refractivity contribution in [3.63, 3.8) is 0 Å². The number of carbonyl (C=O) groups is 2. The Kier molecular flexibility index (Phi) is 7.42. The van der Waals surface area contributed by atoms with Crippen LogP contribution in [-0.2, 0) is 39.7 Å². The van der Waals surface area contributed by atoms with Crippen LogP contribution in [0.15, 0.2) is 29.2 Å². The molecule has 1 rings (SSSR count). The second-order valence-corrected chi connectivity index (χ2v) is 11.3. The number of carbonyl (C=O) groups excluding carboxylic acids is 2. The molecule has 0 amide bonds. The van der Waals surface area contributed by atoms with Crippen LogP contribution in [0.25, 0.3) is 0 Å². The van der Waals surface area contributed by atoms with Crippen LogP contribution in [0.2, 0.25) is 0 Å². The number of hydrogen-bond donors (Lipinski definition) is 1. The Morgan fingerprint density at radius 1 is 0.818 bits per heavy atom. The normalized spacial score (nSPS) is 14.2. The average molecular weight is 550 g/mol. The van der Waals surface area contributed by atoms with Crippen molar-refractivity contribution in [2.45, 2.75) is 40.4 Å². The minimum Gasteiger partial charge on any atom is -0.378 e. The van der Waals surface area contributed by atoms with Gasteiger partial charge in [0.15, 0.2) is 16.8 Å². The molecule has 0 aliphatic heterocycles. The van der Waals surface area contributed by atoms with Gasteiger partial charge >= 0.3 is 26.5 Å². The quantitative estimate of drug-likeness (QED) is 0.195. The van der Waals surface area contributed by atoms with E-state index in [0.29, 0.717) is 12.1 Å². The van der Waals surface area contributed by atoms with E-state index < -0.39 is 74.0 Å². The fourth-order valence-corrected chi connectivity index (χ4v) is 5.33. The second-order valence-electron chi connectivity index (χ2n) is 6.24. The number of alkyl halides is 6. The molecule has 0 bridgehead atoms. The maximum absolute atomic E-state index is 14.2. The minimum atomic E-state index is -7.28. The zero-order valence-corrected chi connectivity index (χ0v) is 18.5. The highest BCUT2D eigenvalue weighted by molar-refractivity contribution is 7.94. The Morgan fingerprint density at radius 3 is 1.55 bits per heavy atom. The lowest BCUT2D eigenvalue weighted by Gasteiger charge is -2.32. The smallest absolute Gasteiger partial charge is 0.378 e. The molecule has 0 fully saturated rings. The summed E-state index contributed by atoms with van der Waals surface area (Å²) in [6.45, 7) is 0.429. The molecular formula is C14H12F6O10S3. The molecule has 0 unspecified atom stereocenters. The predicted octanol–water partition coefficient (Wildman–Crippen LogP) is 1.42. The number of halogens is 6. The van der Waals surface area contributed by atoms with Gasteiger partial charge in [0.2, 0.25) is 9.84 Å². The monoisotopic (exact) mass is 550 g/mol. The molecule has 0 aromatic heterocycles. The SMILES string of the molecule is CC(=O)C(C(C)=O)S(=O)(=O)C(F)(F)C(F)(F)C(F)(F)S(=O)(=O)Oc1ccc(S(=O)(=O)O)cc1. The van der Waals surface area contributed by atoms with Crippen molar-refractivity contribution in [3.8, 4) is 5.75 Å². The van der Waals surface area contributed by atoms with Gasteiger partial charge in [-0.2, -0.15) is 43.2 Å². The highest BCUT2D eigenvalue weighted by Gasteiger charge is 2.83. The molecule has 33 heavy (non-hydrogen) atoms. The molecule has 0 spiro atoms. The van der Waals surface area contributed by atoms with Gasteiger partial charge in [0.1, 0.15) is 5.75 Å². The van der Waals surface area contributed by atoms with E-state index in [1.54, 1.807) is 0 Å². The molecule has 0 saturated heterocycles. The molecule has 10 nitrogen and oxygen atoms in total. The van der Waals surface area contributed by atoms with Crippen LogP contribution < -0.4 is 4.18 Å². The summed E-state index contributed by atoms with van der Waals surface area (Å²) >= 11 is 0. The van der Waals surface area contributed by atoms with Crippen molar-refractivity contribution in [1.29, 1.82) is 0 Å². The Morgan fingerprint density at radius 2 is 1.21 bits per heavy atom. The highest BCUT2D eigenvalue weighted by Crippen LogP contribution is 2.52. The minimum absolute atomic E-state index is 0.214. The summed E-state index contributed by atoms with van der Waals surface area (Å²) in [5.41, 5.74) is 0. The van der Waals surface area contributed by atoms with Gasteiger partial charge in [-0.05, 0) is 38.1 Å². The molecule has 188 valence electrons. The van der Waals surface area contributed by atoms with E-state index >= 15 is 0 Å². The van der Waals surface area contributed by atoms with Crippen LogP contribution in [0, 0.1) is 0 Å². The topological polar surface area (TPSA) is 166 Å². The van der Waals surface area contributed by atoms with Crippen LogP contribution in [0.4, 0.5) is 26.3 Å². The third-order valence-corrected chi connectivity index (χ3v) is 8.20. The summed E-state index contributed by atoms with van der Waals surface area (Å²) < 4.78 is 166. The van der Waals surface area contributed by atoms with Gasteiger partial charge in [-0.3, -0.25) is 14.1 Å². The van der Waals surface area contributed by atoms with Crippen LogP contribution in [0.5, 0.6) is 5.75 Å². The van der Waals surface area contributed by atoms with Crippen LogP contribution >= 0.6 is 0 Å². The van der Waals surface area contributed by atoms with E-state index in [9.17, 15) is 61.2 Å². The number of ketones is 2. The predicted molar refractivity (Wildman–Crippen MR) is 94.7 cm³/mol. The molecule has 1 N–H and O–H groups in total. The number of Topliss-reactive ketones (excluding diaryl/α,β-unsaturated/α-hetero) is 2. The fourth-order valence-electron chi connectivity index (χ4n) is 2.22. The maximum Gasteiger partial charge on any atom is 0.450 e. The summed E-state index contributed by atoms with van der Waals surface area (Å²) in [6.07, 6.45) is 0. The van der Waals surface area contributed by atoms with Crippen molar-refractivity contribution in [3.05, 3.63) is 24.3 Å². The molecule has 0 saturated carbocycles. The van der Waals surface area contributed by atoms with Gasteiger partial charge in [0.05, 0.1) is 4.90 Å². The van der Waals surface area contributed by atoms with Crippen molar-refractivity contribution < 1.29 is 69.9 Å². The van der Waals surface area contributed by atoms with E-state index in [4.69, 9.17) is 4.55 Å². The van der Waals surface area contributed by atoms with Crippen molar-refractivity contribution in [1.82, 2.24) is 0 Å². The maximum atomic E-state index is 14.2. The van der Waals surface area contributed by atoms with Gasteiger partial charge in [-0.15, -0.1) is 0 Å². The number of hydrogen-bond acceptors (Lipinski definition) is 9. The Hall–Kier alpha value is -2.25. The first kappa shape index (κ1) is 28.8. The molecule has 1 aromatic rings. The molecule has 0 aliphatic rings. The molecule has 0 aliphatic carbocycles. The summed E-state index contributed by atoms with van der Waals surface area (Å²) in [4.78, 5) is 21.5. The third kappa shape index (κ3) is 4.85. The number of sulfone groups is 1. The first-order valence-electron chi connectivity index (χ1n) is 7.84. The highest BCUT2D eigenvalue weighted by atomic mass is 32.2. The van der Waals surface area contributed by atoms with Gasteiger partial charge in [-0.1, -0.05) is 0 Å². The Balaban J connectivity index is 3.54. The van der Waals surface area contributed by atoms with Gasteiger partial charge < -0.3 is 4.18 Å². The van der Waals surface area contributed by atoms with Crippen LogP contribution in [-0.4, -0.2) is 63.1 Å². The van der Waals surface area contributed by atoms with E-state index in [-0.39, 0.29) is 26.0 Å². The van der Waals surface area contributed by atoms with E-state index in [0.717, 1.165) is 0 Å². The first-order chi connectivity index (χ1) is 14.4. The zero-order valence-electron chi connectivity index (χ0n) is 16.0. The summed E-state index contributed by atoms with van der Waals surface area (Å²) in [7, 11) is -19.1. The molecular weight excluding hydrogens is 538 g/mol. The summed E-state index contributed by atoms with van der Waals surface area (Å²) in [5.74, 6) is -12.5. The molecule has 0 radical (unpaired) electrons. The standard InChI is InChI=1S/C14H12F6O10S3/c1-7(21)11(8(2)22)31(23,24)13(17,18)12(15,16)14(19,20)33(28,29)30-9-3-5-10(6-4-9)32(25,26)27/h3-6,11H,1-2H3,(H,25,26,27). The molecule has 0 heterocycles. The van der Waals surface area contributed by atoms with Crippen molar-refractivity contribution in [2.75, 3.05) is 0 Å². The Bertz CT molecular complexity index is 1260. The van der Waals surface area contributed by atoms with Gasteiger partial charge in [0, 0.05) is 0 Å². The fraction of sp³-hybridized carbons (Fsp3) is 0.429. The second kappa shape index (κ2) is 8.51. The summed E-state index contributed by atoms with van der Waals surface area (Å²) in [5, 5.41) is -17.5. The third-order valence-electron chi connectivity index (χ3n) is 3.78. The molecule has 19 heteroatoms. The van der Waals surface area contributed by atoms with E-state index in [2.05, 4.69) is 4.18 Å². The lowest BCUT2D eigenvalue weighted by Crippen LogP contribution is -2.63. The summed E-state index contributed by atoms with van der Waals surface area (Å²) in [6, 6.07) is 1.23. The largest absolute Gasteiger partial charge is 0.450 e. The van der Waals surface area contributed by atoms with Crippen LogP contribution in [0.3, 0.4) is 0 Å². The number of rotatable bonds is 10. The van der Waals surface area contributed by atoms with Crippen LogP contribution in [0.1, 0.15) is 13.8 Å². The van der Waals surface area contributed by atoms with Gasteiger partial charge in [0.25, 0.3) is 10.1 Å². The Labute approximate surface area is 182 Å². The lowest BCUT2D eigenvalue weighted by atomic mass is 10.2.